The fraction of sp³-hybridized carbons (Fsp3) is 0.400. The molecule has 0 aromatic heterocycles. The molecule has 68 valence electrons. The third-order valence-corrected chi connectivity index (χ3v) is 1.45. The van der Waals surface area contributed by atoms with Crippen molar-refractivity contribution < 1.29 is 29.0 Å². The summed E-state index contributed by atoms with van der Waals surface area (Å²) in [5, 5.41) is 0. The van der Waals surface area contributed by atoms with Crippen molar-refractivity contribution in [2.75, 3.05) is 13.2 Å². The molecule has 3 heteroatoms. The first-order valence-electron chi connectivity index (χ1n) is 4.22. The molecule has 0 heterocycles. The quantitative estimate of drug-likeness (QED) is 0.742. The zero-order valence-corrected chi connectivity index (χ0v) is 11.2. The molecule has 0 aliphatic carbocycles. The molecule has 1 aromatic rings. The van der Waals surface area contributed by atoms with E-state index in [1.807, 2.05) is 38.1 Å². The Bertz CT molecular complexity index is 196. The fourth-order valence-corrected chi connectivity index (χ4v) is 0.965. The van der Waals surface area contributed by atoms with Crippen LogP contribution in [0.2, 0.25) is 0 Å². The van der Waals surface area contributed by atoms with Gasteiger partial charge in [-0.15, -0.1) is 0 Å². The first kappa shape index (κ1) is 12.4. The minimum Gasteiger partial charge on any atom is -0.494 e. The summed E-state index contributed by atoms with van der Waals surface area (Å²) < 4.78 is 10.6. The molecule has 0 bridgehead atoms. The number of ether oxygens (including phenoxy) is 2. The number of benzene rings is 1. The van der Waals surface area contributed by atoms with Gasteiger partial charge in [0.2, 0.25) is 0 Å². The largest absolute Gasteiger partial charge is 0.494 e. The summed E-state index contributed by atoms with van der Waals surface area (Å²) in [6, 6.07) is 7.64. The average molecular weight is 232 g/mol. The van der Waals surface area contributed by atoms with E-state index in [2.05, 4.69) is 0 Å². The smallest absolute Gasteiger partial charge is 0.119 e. The number of hydrogen-bond donors (Lipinski definition) is 0. The van der Waals surface area contributed by atoms with E-state index in [-0.39, 0.29) is 19.5 Å². The van der Waals surface area contributed by atoms with Crippen LogP contribution in [0.1, 0.15) is 13.8 Å². The van der Waals surface area contributed by atoms with E-state index in [0.717, 1.165) is 11.5 Å². The molecular formula is C10H14O2Zn. The molecule has 0 unspecified atom stereocenters. The van der Waals surface area contributed by atoms with E-state index in [4.69, 9.17) is 9.47 Å². The van der Waals surface area contributed by atoms with Gasteiger partial charge in [0.15, 0.2) is 0 Å². The van der Waals surface area contributed by atoms with E-state index < -0.39 is 0 Å². The molecule has 0 amide bonds. The predicted octanol–water partition coefficient (Wildman–Crippen LogP) is 2.48. The minimum atomic E-state index is 0. The van der Waals surface area contributed by atoms with Crippen LogP contribution in [0.15, 0.2) is 24.3 Å². The summed E-state index contributed by atoms with van der Waals surface area (Å²) >= 11 is 0. The van der Waals surface area contributed by atoms with Gasteiger partial charge >= 0.3 is 0 Å². The van der Waals surface area contributed by atoms with Crippen molar-refractivity contribution in [2.24, 2.45) is 0 Å². The molecule has 2 nitrogen and oxygen atoms in total. The third-order valence-electron chi connectivity index (χ3n) is 1.45. The Morgan fingerprint density at radius 2 is 1.15 bits per heavy atom. The van der Waals surface area contributed by atoms with Crippen molar-refractivity contribution >= 4 is 0 Å². The van der Waals surface area contributed by atoms with E-state index in [0.29, 0.717) is 13.2 Å². The zero-order chi connectivity index (χ0) is 8.81. The van der Waals surface area contributed by atoms with Gasteiger partial charge in [0.05, 0.1) is 13.2 Å². The van der Waals surface area contributed by atoms with E-state index in [1.54, 1.807) is 0 Å². The van der Waals surface area contributed by atoms with Gasteiger partial charge in [-0.3, -0.25) is 0 Å². The van der Waals surface area contributed by atoms with Crippen LogP contribution >= 0.6 is 0 Å². The second-order valence-corrected chi connectivity index (χ2v) is 2.34. The molecule has 1 rings (SSSR count). The minimum absolute atomic E-state index is 0. The second kappa shape index (κ2) is 6.91. The Balaban J connectivity index is 0.00000144. The summed E-state index contributed by atoms with van der Waals surface area (Å²) in [6.07, 6.45) is 0. The van der Waals surface area contributed by atoms with Crippen molar-refractivity contribution in [3.63, 3.8) is 0 Å². The molecule has 0 aliphatic heterocycles. The van der Waals surface area contributed by atoms with Crippen LogP contribution in [0.3, 0.4) is 0 Å². The predicted molar refractivity (Wildman–Crippen MR) is 48.8 cm³/mol. The normalized spacial score (nSPS) is 8.77. The molecule has 0 saturated carbocycles. The fourth-order valence-electron chi connectivity index (χ4n) is 0.965. The SMILES string of the molecule is CCOc1ccc(OCC)cc1.[Zn]. The van der Waals surface area contributed by atoms with Gasteiger partial charge in [0, 0.05) is 19.5 Å². The number of hydrogen-bond acceptors (Lipinski definition) is 2. The van der Waals surface area contributed by atoms with Crippen LogP contribution in [0.4, 0.5) is 0 Å². The molecule has 0 saturated heterocycles. The maximum atomic E-state index is 5.28. The summed E-state index contributed by atoms with van der Waals surface area (Å²) in [6.45, 7) is 5.34. The molecule has 0 radical (unpaired) electrons. The van der Waals surface area contributed by atoms with Gasteiger partial charge in [-0.2, -0.15) is 0 Å². The summed E-state index contributed by atoms with van der Waals surface area (Å²) in [5.74, 6) is 1.78. The Hall–Kier alpha value is -0.557. The topological polar surface area (TPSA) is 18.5 Å². The first-order valence-corrected chi connectivity index (χ1v) is 4.22. The monoisotopic (exact) mass is 230 g/mol. The van der Waals surface area contributed by atoms with Crippen molar-refractivity contribution in [3.8, 4) is 11.5 Å². The van der Waals surface area contributed by atoms with Gasteiger partial charge in [-0.05, 0) is 38.1 Å². The van der Waals surface area contributed by atoms with E-state index in [1.165, 1.54) is 0 Å². The van der Waals surface area contributed by atoms with Crippen molar-refractivity contribution in [1.29, 1.82) is 0 Å². The molecular weight excluding hydrogens is 217 g/mol. The summed E-state index contributed by atoms with van der Waals surface area (Å²) in [7, 11) is 0. The van der Waals surface area contributed by atoms with Crippen LogP contribution in [-0.2, 0) is 19.5 Å². The van der Waals surface area contributed by atoms with Crippen LogP contribution in [0.25, 0.3) is 0 Å². The van der Waals surface area contributed by atoms with Gasteiger partial charge in [-0.1, -0.05) is 0 Å². The van der Waals surface area contributed by atoms with E-state index >= 15 is 0 Å². The molecule has 1 aromatic carbocycles. The van der Waals surface area contributed by atoms with Crippen molar-refractivity contribution in [2.45, 2.75) is 13.8 Å². The maximum absolute atomic E-state index is 5.28. The second-order valence-electron chi connectivity index (χ2n) is 2.34. The molecule has 0 atom stereocenters. The molecule has 0 spiro atoms. The molecule has 0 N–H and O–H groups in total. The molecule has 0 aliphatic rings. The Morgan fingerprint density at radius 1 is 0.846 bits per heavy atom. The third kappa shape index (κ3) is 4.28. The van der Waals surface area contributed by atoms with Crippen molar-refractivity contribution in [3.05, 3.63) is 24.3 Å². The van der Waals surface area contributed by atoms with Crippen molar-refractivity contribution in [1.82, 2.24) is 0 Å². The van der Waals surface area contributed by atoms with Crippen LogP contribution < -0.4 is 9.47 Å². The van der Waals surface area contributed by atoms with Crippen LogP contribution in [0.5, 0.6) is 11.5 Å². The van der Waals surface area contributed by atoms with Gasteiger partial charge in [-0.25, -0.2) is 0 Å². The average Bonchev–Trinajstić information content (AvgIpc) is 2.09. The standard InChI is InChI=1S/C10H14O2.Zn/c1-3-11-9-5-7-10(8-6-9)12-4-2;/h5-8H,3-4H2,1-2H3;. The van der Waals surface area contributed by atoms with Gasteiger partial charge in [0.1, 0.15) is 11.5 Å². The van der Waals surface area contributed by atoms with Crippen LogP contribution in [-0.4, -0.2) is 13.2 Å². The first-order chi connectivity index (χ1) is 5.86. The van der Waals surface area contributed by atoms with E-state index in [9.17, 15) is 0 Å². The summed E-state index contributed by atoms with van der Waals surface area (Å²) in [5.41, 5.74) is 0. The number of rotatable bonds is 4. The maximum Gasteiger partial charge on any atom is 0.119 e. The van der Waals surface area contributed by atoms with Crippen LogP contribution in [0, 0.1) is 0 Å². The Morgan fingerprint density at radius 3 is 1.38 bits per heavy atom. The Kier molecular flexibility index (Phi) is 6.61. The van der Waals surface area contributed by atoms with Gasteiger partial charge < -0.3 is 9.47 Å². The Labute approximate surface area is 92.0 Å². The molecule has 13 heavy (non-hydrogen) atoms. The molecule has 0 fully saturated rings. The summed E-state index contributed by atoms with van der Waals surface area (Å²) in [4.78, 5) is 0. The van der Waals surface area contributed by atoms with Gasteiger partial charge in [0.25, 0.3) is 0 Å². The zero-order valence-electron chi connectivity index (χ0n) is 8.25.